The molecule has 0 atom stereocenters. The van der Waals surface area contributed by atoms with Crippen LogP contribution in [0.1, 0.15) is 18.4 Å². The van der Waals surface area contributed by atoms with Gasteiger partial charge in [0.2, 0.25) is 0 Å². The van der Waals surface area contributed by atoms with Crippen molar-refractivity contribution < 1.29 is 4.79 Å². The highest BCUT2D eigenvalue weighted by Gasteiger charge is 2.26. The first-order chi connectivity index (χ1) is 7.57. The molecule has 0 radical (unpaired) electrons. The standard InChI is InChI=1S/C14H18OSi/c1-16(2,11-13-8-9-14(13)15)10-12-6-4-3-5-7-12/h3-7,11H,8-10H2,1-2H3/b13-11+. The van der Waals surface area contributed by atoms with Gasteiger partial charge in [0.1, 0.15) is 0 Å². The Hall–Kier alpha value is -1.15. The van der Waals surface area contributed by atoms with Crippen LogP contribution in [-0.4, -0.2) is 13.9 Å². The van der Waals surface area contributed by atoms with Crippen LogP contribution in [0.2, 0.25) is 13.1 Å². The Bertz CT molecular complexity index is 418. The van der Waals surface area contributed by atoms with E-state index >= 15 is 0 Å². The molecule has 1 fully saturated rings. The molecule has 0 bridgehead atoms. The molecule has 0 unspecified atom stereocenters. The highest BCUT2D eigenvalue weighted by atomic mass is 28.3. The van der Waals surface area contributed by atoms with Crippen LogP contribution in [-0.2, 0) is 10.8 Å². The molecule has 0 N–H and O–H groups in total. The minimum Gasteiger partial charge on any atom is -0.295 e. The summed E-state index contributed by atoms with van der Waals surface area (Å²) in [5.74, 6) is 0.369. The summed E-state index contributed by atoms with van der Waals surface area (Å²) in [4.78, 5) is 11.3. The Morgan fingerprint density at radius 3 is 2.38 bits per heavy atom. The molecule has 16 heavy (non-hydrogen) atoms. The van der Waals surface area contributed by atoms with Crippen LogP contribution in [0.25, 0.3) is 0 Å². The summed E-state index contributed by atoms with van der Waals surface area (Å²) in [6.07, 6.45) is 1.77. The van der Waals surface area contributed by atoms with Gasteiger partial charge >= 0.3 is 0 Å². The second kappa shape index (κ2) is 4.38. The lowest BCUT2D eigenvalue weighted by atomic mass is 9.93. The third-order valence-electron chi connectivity index (χ3n) is 3.05. The highest BCUT2D eigenvalue weighted by Crippen LogP contribution is 2.25. The minimum atomic E-state index is -1.40. The molecule has 1 aliphatic rings. The van der Waals surface area contributed by atoms with Crippen LogP contribution >= 0.6 is 0 Å². The zero-order valence-electron chi connectivity index (χ0n) is 9.99. The van der Waals surface area contributed by atoms with Gasteiger partial charge in [0.25, 0.3) is 0 Å². The van der Waals surface area contributed by atoms with Crippen LogP contribution in [0.4, 0.5) is 0 Å². The summed E-state index contributed by atoms with van der Waals surface area (Å²) in [5, 5.41) is 0. The van der Waals surface area contributed by atoms with E-state index in [1.54, 1.807) is 0 Å². The first-order valence-corrected chi connectivity index (χ1v) is 9.14. The number of rotatable bonds is 3. The van der Waals surface area contributed by atoms with E-state index in [-0.39, 0.29) is 0 Å². The molecule has 1 aliphatic carbocycles. The van der Waals surface area contributed by atoms with E-state index in [9.17, 15) is 4.79 Å². The summed E-state index contributed by atoms with van der Waals surface area (Å²) in [6, 6.07) is 11.7. The molecule has 0 heterocycles. The first kappa shape index (κ1) is 11.3. The van der Waals surface area contributed by atoms with Gasteiger partial charge in [-0.1, -0.05) is 54.7 Å². The summed E-state index contributed by atoms with van der Waals surface area (Å²) in [7, 11) is -1.40. The van der Waals surface area contributed by atoms with Gasteiger partial charge in [0, 0.05) is 6.42 Å². The molecular formula is C14H18OSi. The molecule has 0 amide bonds. The quantitative estimate of drug-likeness (QED) is 0.575. The SMILES string of the molecule is C[Si](C)(/C=C1\CCC1=O)Cc1ccccc1. The zero-order valence-corrected chi connectivity index (χ0v) is 11.0. The Kier molecular flexibility index (Phi) is 3.10. The molecule has 0 aromatic heterocycles. The lowest BCUT2D eigenvalue weighted by Crippen LogP contribution is -2.30. The smallest absolute Gasteiger partial charge is 0.158 e. The number of allylic oxidation sites excluding steroid dienone is 1. The monoisotopic (exact) mass is 230 g/mol. The van der Waals surface area contributed by atoms with Gasteiger partial charge in [0.05, 0.1) is 8.07 Å². The van der Waals surface area contributed by atoms with E-state index in [1.165, 1.54) is 5.56 Å². The van der Waals surface area contributed by atoms with Crippen molar-refractivity contribution in [2.75, 3.05) is 0 Å². The largest absolute Gasteiger partial charge is 0.295 e. The summed E-state index contributed by atoms with van der Waals surface area (Å²) < 4.78 is 0. The molecule has 1 nitrogen and oxygen atoms in total. The Balaban J connectivity index is 2.08. The fourth-order valence-corrected chi connectivity index (χ4v) is 4.81. The summed E-state index contributed by atoms with van der Waals surface area (Å²) in [5.41, 5.74) is 4.78. The average Bonchev–Trinajstić information content (AvgIpc) is 2.25. The van der Waals surface area contributed by atoms with Gasteiger partial charge in [-0.05, 0) is 18.0 Å². The van der Waals surface area contributed by atoms with Crippen LogP contribution in [0.15, 0.2) is 41.6 Å². The number of Topliss-reactive ketones (excluding diaryl/α,β-unsaturated/α-hetero) is 1. The summed E-state index contributed by atoms with van der Waals surface area (Å²) in [6.45, 7) is 4.66. The van der Waals surface area contributed by atoms with Crippen molar-refractivity contribution in [2.24, 2.45) is 0 Å². The fourth-order valence-electron chi connectivity index (χ4n) is 2.17. The van der Waals surface area contributed by atoms with E-state index < -0.39 is 8.07 Å². The van der Waals surface area contributed by atoms with Gasteiger partial charge in [0.15, 0.2) is 5.78 Å². The van der Waals surface area contributed by atoms with Crippen molar-refractivity contribution in [3.63, 3.8) is 0 Å². The van der Waals surface area contributed by atoms with Crippen molar-refractivity contribution in [1.82, 2.24) is 0 Å². The Morgan fingerprint density at radius 1 is 1.19 bits per heavy atom. The van der Waals surface area contributed by atoms with Gasteiger partial charge in [-0.2, -0.15) is 0 Å². The fraction of sp³-hybridized carbons (Fsp3) is 0.357. The number of ketones is 1. The van der Waals surface area contributed by atoms with E-state index in [1.807, 2.05) is 6.07 Å². The molecule has 0 spiro atoms. The molecule has 2 rings (SSSR count). The predicted molar refractivity (Wildman–Crippen MR) is 70.0 cm³/mol. The highest BCUT2D eigenvalue weighted by molar-refractivity contribution is 6.82. The predicted octanol–water partition coefficient (Wildman–Crippen LogP) is 3.31. The second-order valence-corrected chi connectivity index (χ2v) is 9.86. The molecule has 0 aliphatic heterocycles. The van der Waals surface area contributed by atoms with Crippen LogP contribution in [0.3, 0.4) is 0 Å². The van der Waals surface area contributed by atoms with Crippen molar-refractivity contribution in [3.05, 3.63) is 47.2 Å². The second-order valence-electron chi connectivity index (χ2n) is 5.24. The van der Waals surface area contributed by atoms with Crippen molar-refractivity contribution in [1.29, 1.82) is 0 Å². The number of hydrogen-bond acceptors (Lipinski definition) is 1. The van der Waals surface area contributed by atoms with E-state index in [0.717, 1.165) is 24.5 Å². The number of hydrogen-bond donors (Lipinski definition) is 0. The molecule has 1 aromatic carbocycles. The van der Waals surface area contributed by atoms with Gasteiger partial charge in [-0.25, -0.2) is 0 Å². The van der Waals surface area contributed by atoms with Crippen molar-refractivity contribution >= 4 is 13.9 Å². The topological polar surface area (TPSA) is 17.1 Å². The van der Waals surface area contributed by atoms with E-state index in [4.69, 9.17) is 0 Å². The number of benzene rings is 1. The maximum Gasteiger partial charge on any atom is 0.158 e. The first-order valence-electron chi connectivity index (χ1n) is 5.86. The summed E-state index contributed by atoms with van der Waals surface area (Å²) >= 11 is 0. The van der Waals surface area contributed by atoms with Crippen LogP contribution in [0.5, 0.6) is 0 Å². The average molecular weight is 230 g/mol. The lowest BCUT2D eigenvalue weighted by molar-refractivity contribution is -0.118. The maximum atomic E-state index is 11.3. The van der Waals surface area contributed by atoms with Gasteiger partial charge in [-0.3, -0.25) is 4.79 Å². The minimum absolute atomic E-state index is 0.369. The van der Waals surface area contributed by atoms with Crippen LogP contribution < -0.4 is 0 Å². The maximum absolute atomic E-state index is 11.3. The molecule has 1 aromatic rings. The third kappa shape index (κ3) is 2.70. The third-order valence-corrected chi connectivity index (χ3v) is 5.50. The van der Waals surface area contributed by atoms with Crippen molar-refractivity contribution in [2.45, 2.75) is 32.0 Å². The van der Waals surface area contributed by atoms with E-state index in [0.29, 0.717) is 5.78 Å². The normalized spacial score (nSPS) is 18.6. The Morgan fingerprint density at radius 2 is 1.88 bits per heavy atom. The molecule has 2 heteroatoms. The molecular weight excluding hydrogens is 212 g/mol. The van der Waals surface area contributed by atoms with Crippen molar-refractivity contribution in [3.8, 4) is 0 Å². The van der Waals surface area contributed by atoms with Gasteiger partial charge < -0.3 is 0 Å². The molecule has 1 saturated carbocycles. The molecule has 84 valence electrons. The van der Waals surface area contributed by atoms with E-state index in [2.05, 4.69) is 43.1 Å². The zero-order chi connectivity index (χ0) is 11.6. The number of carbonyl (C=O) groups is 1. The van der Waals surface area contributed by atoms with Crippen LogP contribution in [0, 0.1) is 0 Å². The molecule has 0 saturated heterocycles. The Labute approximate surface area is 98.2 Å². The number of carbonyl (C=O) groups excluding carboxylic acids is 1. The lowest BCUT2D eigenvalue weighted by Gasteiger charge is -2.23. The van der Waals surface area contributed by atoms with Gasteiger partial charge in [-0.15, -0.1) is 0 Å².